The predicted octanol–water partition coefficient (Wildman–Crippen LogP) is 3.73. The van der Waals surface area contributed by atoms with E-state index in [9.17, 15) is 4.79 Å². The number of nitrogens with zero attached hydrogens (tertiary/aromatic N) is 3. The van der Waals surface area contributed by atoms with Crippen LogP contribution >= 0.6 is 11.3 Å². The van der Waals surface area contributed by atoms with Crippen molar-refractivity contribution in [2.45, 2.75) is 58.8 Å². The van der Waals surface area contributed by atoms with Crippen molar-refractivity contribution in [3.63, 3.8) is 0 Å². The third kappa shape index (κ3) is 4.10. The third-order valence-electron chi connectivity index (χ3n) is 4.68. The van der Waals surface area contributed by atoms with E-state index in [4.69, 9.17) is 0 Å². The van der Waals surface area contributed by atoms with Gasteiger partial charge in [-0.2, -0.15) is 4.52 Å². The van der Waals surface area contributed by atoms with Crippen LogP contribution in [0.1, 0.15) is 58.1 Å². The van der Waals surface area contributed by atoms with Crippen LogP contribution in [0.25, 0.3) is 4.96 Å². The van der Waals surface area contributed by atoms with Crippen LogP contribution in [0.2, 0.25) is 0 Å². The van der Waals surface area contributed by atoms with Gasteiger partial charge in [-0.15, -0.1) is 5.10 Å². The molecular formula is C17H26N4OS. The fraction of sp³-hybridized carbons (Fsp3) is 0.706. The van der Waals surface area contributed by atoms with Crippen molar-refractivity contribution in [1.82, 2.24) is 14.6 Å². The summed E-state index contributed by atoms with van der Waals surface area (Å²) in [5.74, 6) is 1.70. The summed E-state index contributed by atoms with van der Waals surface area (Å²) in [5, 5.41) is 8.54. The average molecular weight is 334 g/mol. The summed E-state index contributed by atoms with van der Waals surface area (Å²) in [5.41, 5.74) is 0.785. The van der Waals surface area contributed by atoms with Crippen molar-refractivity contribution in [2.24, 2.45) is 11.8 Å². The Labute approximate surface area is 141 Å². The number of nitrogens with one attached hydrogen (secondary N) is 1. The molecule has 2 unspecified atom stereocenters. The van der Waals surface area contributed by atoms with E-state index in [1.54, 1.807) is 6.07 Å². The molecule has 23 heavy (non-hydrogen) atoms. The van der Waals surface area contributed by atoms with E-state index in [1.165, 1.54) is 48.0 Å². The first-order valence-electron chi connectivity index (χ1n) is 8.79. The zero-order chi connectivity index (χ0) is 16.2. The lowest BCUT2D eigenvalue weighted by Crippen LogP contribution is -2.17. The highest BCUT2D eigenvalue weighted by atomic mass is 32.1. The molecule has 0 bridgehead atoms. The van der Waals surface area contributed by atoms with Gasteiger partial charge < -0.3 is 5.32 Å². The molecule has 1 aliphatic carbocycles. The zero-order valence-corrected chi connectivity index (χ0v) is 14.9. The van der Waals surface area contributed by atoms with Crippen LogP contribution in [0, 0.1) is 11.8 Å². The fourth-order valence-corrected chi connectivity index (χ4v) is 4.37. The number of hydrogen-bond acceptors (Lipinski definition) is 5. The molecule has 0 saturated heterocycles. The van der Waals surface area contributed by atoms with Gasteiger partial charge in [0.05, 0.1) is 0 Å². The molecule has 0 radical (unpaired) electrons. The minimum atomic E-state index is -0.0798. The van der Waals surface area contributed by atoms with Crippen molar-refractivity contribution in [3.8, 4) is 0 Å². The fourth-order valence-electron chi connectivity index (χ4n) is 3.52. The molecule has 3 rings (SSSR count). The van der Waals surface area contributed by atoms with Gasteiger partial charge in [0.25, 0.3) is 5.56 Å². The second kappa shape index (κ2) is 7.43. The lowest BCUT2D eigenvalue weighted by Gasteiger charge is -2.26. The molecule has 1 saturated carbocycles. The molecule has 1 aliphatic rings. The van der Waals surface area contributed by atoms with Gasteiger partial charge in [0, 0.05) is 18.3 Å². The highest BCUT2D eigenvalue weighted by molar-refractivity contribution is 7.20. The molecule has 2 heterocycles. The topological polar surface area (TPSA) is 59.3 Å². The molecule has 2 aromatic heterocycles. The maximum absolute atomic E-state index is 12.1. The van der Waals surface area contributed by atoms with E-state index in [1.807, 2.05) is 0 Å². The first-order valence-corrected chi connectivity index (χ1v) is 9.61. The van der Waals surface area contributed by atoms with E-state index in [0.717, 1.165) is 42.0 Å². The summed E-state index contributed by atoms with van der Waals surface area (Å²) < 4.78 is 1.41. The van der Waals surface area contributed by atoms with Gasteiger partial charge in [-0.1, -0.05) is 50.9 Å². The van der Waals surface area contributed by atoms with Crippen LogP contribution in [0.5, 0.6) is 0 Å². The Morgan fingerprint density at radius 1 is 1.43 bits per heavy atom. The Morgan fingerprint density at radius 2 is 2.30 bits per heavy atom. The van der Waals surface area contributed by atoms with Gasteiger partial charge in [0.1, 0.15) is 0 Å². The molecule has 0 aromatic carbocycles. The molecule has 2 aromatic rings. The molecule has 2 atom stereocenters. The quantitative estimate of drug-likeness (QED) is 0.874. The maximum Gasteiger partial charge on any atom is 0.275 e. The largest absolute Gasteiger partial charge is 0.360 e. The predicted molar refractivity (Wildman–Crippen MR) is 95.4 cm³/mol. The first kappa shape index (κ1) is 16.4. The van der Waals surface area contributed by atoms with Crippen LogP contribution in [0.3, 0.4) is 0 Å². The van der Waals surface area contributed by atoms with E-state index >= 15 is 0 Å². The van der Waals surface area contributed by atoms with E-state index in [2.05, 4.69) is 29.2 Å². The summed E-state index contributed by atoms with van der Waals surface area (Å²) in [4.78, 5) is 17.3. The number of aromatic nitrogens is 3. The van der Waals surface area contributed by atoms with Crippen molar-refractivity contribution < 1.29 is 0 Å². The molecule has 1 N–H and O–H groups in total. The minimum Gasteiger partial charge on any atom is -0.360 e. The van der Waals surface area contributed by atoms with Gasteiger partial charge in [0.2, 0.25) is 10.1 Å². The van der Waals surface area contributed by atoms with E-state index in [-0.39, 0.29) is 5.56 Å². The molecular weight excluding hydrogens is 308 g/mol. The molecule has 6 heteroatoms. The summed E-state index contributed by atoms with van der Waals surface area (Å²) >= 11 is 1.47. The van der Waals surface area contributed by atoms with E-state index < -0.39 is 0 Å². The lowest BCUT2D eigenvalue weighted by molar-refractivity contribution is 0.274. The Hall–Kier alpha value is -1.43. The van der Waals surface area contributed by atoms with Crippen LogP contribution < -0.4 is 10.9 Å². The van der Waals surface area contributed by atoms with Crippen molar-refractivity contribution in [3.05, 3.63) is 22.1 Å². The van der Waals surface area contributed by atoms with Crippen molar-refractivity contribution in [1.29, 1.82) is 0 Å². The molecule has 5 nitrogen and oxygen atoms in total. The highest BCUT2D eigenvalue weighted by Crippen LogP contribution is 2.30. The second-order valence-electron chi connectivity index (χ2n) is 6.79. The van der Waals surface area contributed by atoms with Crippen LogP contribution in [-0.4, -0.2) is 21.1 Å². The Morgan fingerprint density at radius 3 is 3.09 bits per heavy atom. The normalized spacial score (nSPS) is 21.7. The molecule has 1 fully saturated rings. The first-order chi connectivity index (χ1) is 11.2. The van der Waals surface area contributed by atoms with Crippen LogP contribution in [0.4, 0.5) is 5.13 Å². The lowest BCUT2D eigenvalue weighted by atomic mass is 9.81. The van der Waals surface area contributed by atoms with Gasteiger partial charge in [-0.05, 0) is 31.1 Å². The summed E-state index contributed by atoms with van der Waals surface area (Å²) in [6.45, 7) is 5.38. The highest BCUT2D eigenvalue weighted by Gasteiger charge is 2.18. The summed E-state index contributed by atoms with van der Waals surface area (Å²) in [7, 11) is 0. The smallest absolute Gasteiger partial charge is 0.275 e. The second-order valence-corrected chi connectivity index (χ2v) is 7.75. The average Bonchev–Trinajstić information content (AvgIpc) is 2.91. The maximum atomic E-state index is 12.1. The number of fused-ring (bicyclic) bond motifs is 1. The number of aryl methyl sites for hydroxylation is 1. The Kier molecular flexibility index (Phi) is 5.30. The van der Waals surface area contributed by atoms with Crippen LogP contribution in [0.15, 0.2) is 10.9 Å². The third-order valence-corrected chi connectivity index (χ3v) is 5.54. The van der Waals surface area contributed by atoms with Gasteiger partial charge in [0.15, 0.2) is 0 Å². The Balaban J connectivity index is 1.62. The SMILES string of the molecule is CCCc1cc(=O)n2nc(NCCC3CCCC(C)C3)sc2n1. The number of hydrogen-bond donors (Lipinski definition) is 1. The summed E-state index contributed by atoms with van der Waals surface area (Å²) in [6, 6.07) is 1.60. The standard InChI is InChI=1S/C17H26N4OS/c1-3-5-14-11-15(22)21-17(19-14)23-16(20-21)18-9-8-13-7-4-6-12(2)10-13/h11-13H,3-10H2,1-2H3,(H,18,20). The minimum absolute atomic E-state index is 0.0798. The zero-order valence-electron chi connectivity index (χ0n) is 14.0. The summed E-state index contributed by atoms with van der Waals surface area (Å²) in [6.07, 6.45) is 8.47. The molecule has 126 valence electrons. The monoisotopic (exact) mass is 334 g/mol. The molecule has 0 aliphatic heterocycles. The number of anilines is 1. The van der Waals surface area contributed by atoms with Crippen molar-refractivity contribution >= 4 is 21.4 Å². The molecule has 0 spiro atoms. The van der Waals surface area contributed by atoms with Gasteiger partial charge in [-0.25, -0.2) is 4.98 Å². The van der Waals surface area contributed by atoms with Crippen LogP contribution in [-0.2, 0) is 6.42 Å². The van der Waals surface area contributed by atoms with E-state index in [0.29, 0.717) is 4.96 Å². The van der Waals surface area contributed by atoms with Gasteiger partial charge >= 0.3 is 0 Å². The number of rotatable bonds is 6. The Bertz CT molecular complexity index is 708. The van der Waals surface area contributed by atoms with Gasteiger partial charge in [-0.3, -0.25) is 4.79 Å². The van der Waals surface area contributed by atoms with Crippen molar-refractivity contribution in [2.75, 3.05) is 11.9 Å². The molecule has 0 amide bonds.